The molecule has 2 heterocycles. The maximum absolute atomic E-state index is 12.4. The second-order valence-corrected chi connectivity index (χ2v) is 5.07. The Bertz CT molecular complexity index is 363. The molecule has 100 valence electrons. The zero-order chi connectivity index (χ0) is 12.8. The summed E-state index contributed by atoms with van der Waals surface area (Å²) in [6.07, 6.45) is 7.44. The molecule has 1 fully saturated rings. The van der Waals surface area contributed by atoms with Gasteiger partial charge >= 0.3 is 0 Å². The van der Waals surface area contributed by atoms with Crippen LogP contribution >= 0.6 is 0 Å². The van der Waals surface area contributed by atoms with Crippen molar-refractivity contribution in [2.75, 3.05) is 13.1 Å². The van der Waals surface area contributed by atoms with Gasteiger partial charge in [-0.05, 0) is 25.8 Å². The third-order valence-electron chi connectivity index (χ3n) is 3.68. The van der Waals surface area contributed by atoms with Gasteiger partial charge in [-0.25, -0.2) is 4.98 Å². The molecule has 18 heavy (non-hydrogen) atoms. The lowest BCUT2D eigenvalue weighted by atomic mass is 9.76. The van der Waals surface area contributed by atoms with E-state index in [4.69, 9.17) is 0 Å². The van der Waals surface area contributed by atoms with Crippen molar-refractivity contribution in [2.24, 2.45) is 5.41 Å². The number of H-pyrrole nitrogens is 1. The molecule has 0 saturated carbocycles. The number of hydrogen-bond acceptors (Lipinski definition) is 3. The summed E-state index contributed by atoms with van der Waals surface area (Å²) in [6, 6.07) is 0. The number of piperidine rings is 1. The Kier molecular flexibility index (Phi) is 4.36. The molecule has 5 heteroatoms. The van der Waals surface area contributed by atoms with Crippen molar-refractivity contribution in [3.8, 4) is 0 Å². The number of rotatable bonds is 5. The molecule has 0 spiro atoms. The van der Waals surface area contributed by atoms with Gasteiger partial charge in [-0.15, -0.1) is 0 Å². The molecule has 0 aliphatic carbocycles. The number of carbonyl (C=O) groups is 1. The molecule has 1 atom stereocenters. The molecule has 1 aliphatic heterocycles. The van der Waals surface area contributed by atoms with Crippen LogP contribution in [-0.2, 0) is 11.3 Å². The molecule has 1 amide bonds. The largest absolute Gasteiger partial charge is 0.350 e. The normalized spacial score (nSPS) is 23.8. The number of carbonyl (C=O) groups excluding carboxylic acids is 1. The average Bonchev–Trinajstić information content (AvgIpc) is 2.90. The van der Waals surface area contributed by atoms with Crippen LogP contribution in [0.3, 0.4) is 0 Å². The summed E-state index contributed by atoms with van der Waals surface area (Å²) < 4.78 is 0. The lowest BCUT2D eigenvalue weighted by Gasteiger charge is -2.36. The predicted molar refractivity (Wildman–Crippen MR) is 69.9 cm³/mol. The van der Waals surface area contributed by atoms with Crippen LogP contribution in [0, 0.1) is 5.41 Å². The minimum absolute atomic E-state index is 0.172. The van der Waals surface area contributed by atoms with Crippen molar-refractivity contribution in [1.82, 2.24) is 20.6 Å². The summed E-state index contributed by atoms with van der Waals surface area (Å²) in [5, 5.41) is 6.38. The Morgan fingerprint density at radius 2 is 2.50 bits per heavy atom. The number of amides is 1. The van der Waals surface area contributed by atoms with Gasteiger partial charge in [0.1, 0.15) is 0 Å². The van der Waals surface area contributed by atoms with E-state index in [0.717, 1.165) is 44.5 Å². The minimum atomic E-state index is -0.215. The van der Waals surface area contributed by atoms with E-state index in [2.05, 4.69) is 27.5 Å². The van der Waals surface area contributed by atoms with Crippen molar-refractivity contribution in [2.45, 2.75) is 39.2 Å². The number of aromatic nitrogens is 2. The average molecular weight is 250 g/mol. The van der Waals surface area contributed by atoms with Crippen LogP contribution in [0.1, 0.15) is 38.3 Å². The third kappa shape index (κ3) is 2.90. The lowest BCUT2D eigenvalue weighted by Crippen LogP contribution is -2.50. The summed E-state index contributed by atoms with van der Waals surface area (Å²) >= 11 is 0. The van der Waals surface area contributed by atoms with Gasteiger partial charge in [0, 0.05) is 12.7 Å². The van der Waals surface area contributed by atoms with Crippen molar-refractivity contribution < 1.29 is 4.79 Å². The van der Waals surface area contributed by atoms with Crippen molar-refractivity contribution in [3.05, 3.63) is 18.2 Å². The minimum Gasteiger partial charge on any atom is -0.350 e. The Labute approximate surface area is 108 Å². The summed E-state index contributed by atoms with van der Waals surface area (Å²) in [5.41, 5.74) is 0.728. The van der Waals surface area contributed by atoms with Crippen LogP contribution in [-0.4, -0.2) is 29.0 Å². The Morgan fingerprint density at radius 1 is 1.61 bits per heavy atom. The highest BCUT2D eigenvalue weighted by Gasteiger charge is 2.38. The quantitative estimate of drug-likeness (QED) is 0.735. The molecule has 1 aromatic heterocycles. The predicted octanol–water partition coefficient (Wildman–Crippen LogP) is 1.20. The fourth-order valence-corrected chi connectivity index (χ4v) is 2.71. The second kappa shape index (κ2) is 6.00. The van der Waals surface area contributed by atoms with E-state index in [0.29, 0.717) is 6.54 Å². The molecule has 1 aromatic rings. The van der Waals surface area contributed by atoms with E-state index >= 15 is 0 Å². The Hall–Kier alpha value is -1.36. The molecular weight excluding hydrogens is 228 g/mol. The Morgan fingerprint density at radius 3 is 3.11 bits per heavy atom. The molecule has 0 radical (unpaired) electrons. The van der Waals surface area contributed by atoms with Crippen LogP contribution in [0.15, 0.2) is 12.5 Å². The van der Waals surface area contributed by atoms with E-state index in [9.17, 15) is 4.79 Å². The number of nitrogens with zero attached hydrogens (tertiary/aromatic N) is 1. The molecule has 3 N–H and O–H groups in total. The summed E-state index contributed by atoms with van der Waals surface area (Å²) in [4.78, 5) is 19.4. The van der Waals surface area contributed by atoms with Crippen LogP contribution in [0.25, 0.3) is 0 Å². The first-order chi connectivity index (χ1) is 8.77. The van der Waals surface area contributed by atoms with Crippen LogP contribution in [0.4, 0.5) is 0 Å². The molecule has 2 rings (SSSR count). The molecule has 1 saturated heterocycles. The summed E-state index contributed by atoms with van der Waals surface area (Å²) in [6.45, 7) is 4.50. The zero-order valence-corrected chi connectivity index (χ0v) is 11.0. The van der Waals surface area contributed by atoms with Crippen LogP contribution < -0.4 is 10.6 Å². The SMILES string of the molecule is CCCC1(C(=O)NCc2cnc[nH]2)CCCNC1. The molecule has 1 unspecified atom stereocenters. The van der Waals surface area contributed by atoms with Crippen LogP contribution in [0.2, 0.25) is 0 Å². The molecular formula is C13H22N4O. The van der Waals surface area contributed by atoms with Crippen molar-refractivity contribution in [3.63, 3.8) is 0 Å². The number of nitrogens with one attached hydrogen (secondary N) is 3. The van der Waals surface area contributed by atoms with Gasteiger partial charge in [0.05, 0.1) is 24.0 Å². The van der Waals surface area contributed by atoms with Gasteiger partial charge in [-0.2, -0.15) is 0 Å². The van der Waals surface area contributed by atoms with Gasteiger partial charge in [-0.1, -0.05) is 13.3 Å². The maximum Gasteiger partial charge on any atom is 0.227 e. The first-order valence-electron chi connectivity index (χ1n) is 6.73. The zero-order valence-electron chi connectivity index (χ0n) is 11.0. The molecule has 1 aliphatic rings. The van der Waals surface area contributed by atoms with E-state index in [1.807, 2.05) is 0 Å². The first kappa shape index (κ1) is 13.1. The number of hydrogen-bond donors (Lipinski definition) is 3. The third-order valence-corrected chi connectivity index (χ3v) is 3.68. The fourth-order valence-electron chi connectivity index (χ4n) is 2.71. The highest BCUT2D eigenvalue weighted by molar-refractivity contribution is 5.83. The van der Waals surface area contributed by atoms with E-state index in [-0.39, 0.29) is 11.3 Å². The first-order valence-corrected chi connectivity index (χ1v) is 6.73. The van der Waals surface area contributed by atoms with Gasteiger partial charge in [0.15, 0.2) is 0 Å². The lowest BCUT2D eigenvalue weighted by molar-refractivity contribution is -0.132. The highest BCUT2D eigenvalue weighted by atomic mass is 16.2. The van der Waals surface area contributed by atoms with Crippen molar-refractivity contribution >= 4 is 5.91 Å². The highest BCUT2D eigenvalue weighted by Crippen LogP contribution is 2.31. The van der Waals surface area contributed by atoms with Crippen molar-refractivity contribution in [1.29, 1.82) is 0 Å². The fraction of sp³-hybridized carbons (Fsp3) is 0.692. The standard InChI is InChI=1S/C13H22N4O/c1-2-4-13(5-3-6-14-9-13)12(18)16-8-11-7-15-10-17-11/h7,10,14H,2-6,8-9H2,1H3,(H,15,17)(H,16,18). The van der Waals surface area contributed by atoms with E-state index in [1.165, 1.54) is 0 Å². The second-order valence-electron chi connectivity index (χ2n) is 5.07. The van der Waals surface area contributed by atoms with Gasteiger partial charge in [-0.3, -0.25) is 4.79 Å². The summed E-state index contributed by atoms with van der Waals surface area (Å²) in [5.74, 6) is 0.172. The van der Waals surface area contributed by atoms with Gasteiger partial charge < -0.3 is 15.6 Å². The maximum atomic E-state index is 12.4. The summed E-state index contributed by atoms with van der Waals surface area (Å²) in [7, 11) is 0. The van der Waals surface area contributed by atoms with E-state index in [1.54, 1.807) is 12.5 Å². The van der Waals surface area contributed by atoms with Crippen LogP contribution in [0.5, 0.6) is 0 Å². The van der Waals surface area contributed by atoms with Gasteiger partial charge in [0.2, 0.25) is 5.91 Å². The molecule has 5 nitrogen and oxygen atoms in total. The topological polar surface area (TPSA) is 69.8 Å². The number of imidazole rings is 1. The Balaban J connectivity index is 1.95. The smallest absolute Gasteiger partial charge is 0.227 e. The molecule has 0 bridgehead atoms. The molecule has 0 aromatic carbocycles. The van der Waals surface area contributed by atoms with E-state index < -0.39 is 0 Å². The van der Waals surface area contributed by atoms with Gasteiger partial charge in [0.25, 0.3) is 0 Å². The number of aromatic amines is 1. The monoisotopic (exact) mass is 250 g/mol.